The first-order chi connectivity index (χ1) is 12.2. The fourth-order valence-electron chi connectivity index (χ4n) is 3.55. The zero-order valence-corrected chi connectivity index (χ0v) is 15.1. The highest BCUT2D eigenvalue weighted by atomic mass is 16.2. The summed E-state index contributed by atoms with van der Waals surface area (Å²) in [6.07, 6.45) is 3.11. The fraction of sp³-hybridized carbons (Fsp3) is 0.409. The van der Waals surface area contributed by atoms with Crippen LogP contribution in [-0.4, -0.2) is 48.9 Å². The molecule has 132 valence electrons. The summed E-state index contributed by atoms with van der Waals surface area (Å²) in [6, 6.07) is 20.7. The van der Waals surface area contributed by atoms with Gasteiger partial charge in [-0.05, 0) is 37.1 Å². The average molecular weight is 336 g/mol. The Kier molecular flexibility index (Phi) is 6.24. The van der Waals surface area contributed by atoms with Crippen LogP contribution in [-0.2, 0) is 4.79 Å². The Morgan fingerprint density at radius 2 is 1.48 bits per heavy atom. The van der Waals surface area contributed by atoms with Crippen molar-refractivity contribution in [3.63, 3.8) is 0 Å². The summed E-state index contributed by atoms with van der Waals surface area (Å²) in [4.78, 5) is 17.2. The molecule has 3 rings (SSSR count). The van der Waals surface area contributed by atoms with E-state index in [1.54, 1.807) is 0 Å². The minimum atomic E-state index is 0.115. The number of benzene rings is 2. The molecule has 0 aliphatic carbocycles. The quantitative estimate of drug-likeness (QED) is 0.768. The number of nitrogens with zero attached hydrogens (tertiary/aromatic N) is 2. The molecule has 1 amide bonds. The van der Waals surface area contributed by atoms with Gasteiger partial charge in [0.2, 0.25) is 5.91 Å². The van der Waals surface area contributed by atoms with E-state index in [-0.39, 0.29) is 11.8 Å². The van der Waals surface area contributed by atoms with Gasteiger partial charge in [-0.2, -0.15) is 0 Å². The molecule has 0 spiro atoms. The van der Waals surface area contributed by atoms with Gasteiger partial charge in [-0.1, -0.05) is 60.7 Å². The molecule has 0 N–H and O–H groups in total. The number of carbonyl (C=O) groups excluding carboxylic acids is 1. The van der Waals surface area contributed by atoms with E-state index in [9.17, 15) is 4.79 Å². The summed E-state index contributed by atoms with van der Waals surface area (Å²) in [5.74, 6) is 0.334. The van der Waals surface area contributed by atoms with Crippen molar-refractivity contribution < 1.29 is 4.79 Å². The highest BCUT2D eigenvalue weighted by Gasteiger charge is 2.21. The van der Waals surface area contributed by atoms with Crippen molar-refractivity contribution in [2.24, 2.45) is 0 Å². The Bertz CT molecular complexity index is 611. The molecule has 0 radical (unpaired) electrons. The molecule has 2 aromatic carbocycles. The molecule has 0 saturated carbocycles. The Balaban J connectivity index is 1.66. The van der Waals surface area contributed by atoms with Gasteiger partial charge in [0.25, 0.3) is 0 Å². The van der Waals surface area contributed by atoms with Gasteiger partial charge in [-0.25, -0.2) is 0 Å². The first-order valence-corrected chi connectivity index (χ1v) is 9.30. The normalized spacial score (nSPS) is 14.8. The van der Waals surface area contributed by atoms with Crippen molar-refractivity contribution in [3.8, 4) is 0 Å². The number of carbonyl (C=O) groups is 1. The summed E-state index contributed by atoms with van der Waals surface area (Å²) in [6.45, 7) is 4.16. The summed E-state index contributed by atoms with van der Waals surface area (Å²) < 4.78 is 0. The maximum absolute atomic E-state index is 12.8. The van der Waals surface area contributed by atoms with E-state index < -0.39 is 0 Å². The lowest BCUT2D eigenvalue weighted by atomic mass is 9.88. The van der Waals surface area contributed by atoms with Gasteiger partial charge in [-0.15, -0.1) is 0 Å². The van der Waals surface area contributed by atoms with Crippen LogP contribution < -0.4 is 0 Å². The Morgan fingerprint density at radius 3 is 2.00 bits per heavy atom. The van der Waals surface area contributed by atoms with Crippen LogP contribution in [0.1, 0.15) is 36.3 Å². The number of amides is 1. The number of hydrogen-bond acceptors (Lipinski definition) is 2. The van der Waals surface area contributed by atoms with Crippen molar-refractivity contribution in [1.29, 1.82) is 0 Å². The van der Waals surface area contributed by atoms with Crippen LogP contribution in [0.2, 0.25) is 0 Å². The lowest BCUT2D eigenvalue weighted by Crippen LogP contribution is -2.35. The minimum absolute atomic E-state index is 0.115. The molecule has 3 nitrogen and oxygen atoms in total. The van der Waals surface area contributed by atoms with Crippen LogP contribution in [0.4, 0.5) is 0 Å². The minimum Gasteiger partial charge on any atom is -0.344 e. The largest absolute Gasteiger partial charge is 0.344 e. The van der Waals surface area contributed by atoms with Crippen molar-refractivity contribution in [1.82, 2.24) is 9.80 Å². The lowest BCUT2D eigenvalue weighted by molar-refractivity contribution is -0.130. The van der Waals surface area contributed by atoms with Crippen molar-refractivity contribution >= 4 is 5.91 Å². The number of likely N-dealkylation sites (N-methyl/N-ethyl adjacent to an activating group) is 1. The second-order valence-corrected chi connectivity index (χ2v) is 6.94. The predicted octanol–water partition coefficient (Wildman–Crippen LogP) is 3.76. The van der Waals surface area contributed by atoms with Gasteiger partial charge < -0.3 is 9.80 Å². The summed E-state index contributed by atoms with van der Waals surface area (Å²) in [7, 11) is 1.94. The second-order valence-electron chi connectivity index (χ2n) is 6.94. The Hall–Kier alpha value is -2.13. The third-order valence-electron chi connectivity index (χ3n) is 5.16. The lowest BCUT2D eigenvalue weighted by Gasteiger charge is -2.24. The van der Waals surface area contributed by atoms with Crippen LogP contribution in [0.15, 0.2) is 60.7 Å². The molecular weight excluding hydrogens is 308 g/mol. The van der Waals surface area contributed by atoms with E-state index in [2.05, 4.69) is 29.2 Å². The van der Waals surface area contributed by atoms with Crippen LogP contribution >= 0.6 is 0 Å². The smallest absolute Gasteiger partial charge is 0.223 e. The van der Waals surface area contributed by atoms with Gasteiger partial charge in [0.1, 0.15) is 0 Å². The van der Waals surface area contributed by atoms with Crippen LogP contribution in [0.3, 0.4) is 0 Å². The van der Waals surface area contributed by atoms with Crippen LogP contribution in [0.25, 0.3) is 0 Å². The van der Waals surface area contributed by atoms with E-state index in [1.165, 1.54) is 37.1 Å². The molecule has 0 unspecified atom stereocenters. The summed E-state index contributed by atoms with van der Waals surface area (Å²) in [5, 5.41) is 0. The van der Waals surface area contributed by atoms with Crippen molar-refractivity contribution in [2.45, 2.75) is 25.2 Å². The molecule has 0 atom stereocenters. The number of likely N-dealkylation sites (tertiary alicyclic amines) is 1. The molecule has 1 aliphatic heterocycles. The van der Waals surface area contributed by atoms with E-state index in [0.717, 1.165) is 13.1 Å². The van der Waals surface area contributed by atoms with E-state index in [4.69, 9.17) is 0 Å². The zero-order valence-electron chi connectivity index (χ0n) is 15.1. The van der Waals surface area contributed by atoms with Crippen molar-refractivity contribution in [3.05, 3.63) is 71.8 Å². The zero-order chi connectivity index (χ0) is 17.5. The summed E-state index contributed by atoms with van der Waals surface area (Å²) >= 11 is 0. The predicted molar refractivity (Wildman–Crippen MR) is 103 cm³/mol. The van der Waals surface area contributed by atoms with Gasteiger partial charge in [0, 0.05) is 32.5 Å². The summed E-state index contributed by atoms with van der Waals surface area (Å²) in [5.41, 5.74) is 2.41. The average Bonchev–Trinajstić information content (AvgIpc) is 3.19. The molecule has 0 aromatic heterocycles. The molecule has 1 heterocycles. The van der Waals surface area contributed by atoms with Crippen molar-refractivity contribution in [2.75, 3.05) is 33.2 Å². The second kappa shape index (κ2) is 8.82. The maximum atomic E-state index is 12.8. The topological polar surface area (TPSA) is 23.6 Å². The highest BCUT2D eigenvalue weighted by molar-refractivity contribution is 5.77. The molecule has 2 aromatic rings. The number of hydrogen-bond donors (Lipinski definition) is 0. The first-order valence-electron chi connectivity index (χ1n) is 9.30. The van der Waals surface area contributed by atoms with E-state index in [1.807, 2.05) is 48.3 Å². The molecule has 25 heavy (non-hydrogen) atoms. The Labute approximate surface area is 151 Å². The fourth-order valence-corrected chi connectivity index (χ4v) is 3.55. The first kappa shape index (κ1) is 17.7. The van der Waals surface area contributed by atoms with Crippen LogP contribution in [0.5, 0.6) is 0 Å². The maximum Gasteiger partial charge on any atom is 0.223 e. The van der Waals surface area contributed by atoms with Gasteiger partial charge in [0.05, 0.1) is 0 Å². The van der Waals surface area contributed by atoms with Crippen LogP contribution in [0, 0.1) is 0 Å². The SMILES string of the molecule is CN(CCN1CCCC1)C(=O)CC(c1ccccc1)c1ccccc1. The molecule has 1 fully saturated rings. The molecular formula is C22H28N2O. The highest BCUT2D eigenvalue weighted by Crippen LogP contribution is 2.28. The third-order valence-corrected chi connectivity index (χ3v) is 5.16. The molecule has 1 saturated heterocycles. The third kappa shape index (κ3) is 4.93. The molecule has 1 aliphatic rings. The monoisotopic (exact) mass is 336 g/mol. The van der Waals surface area contributed by atoms with Gasteiger partial charge in [0.15, 0.2) is 0 Å². The van der Waals surface area contributed by atoms with E-state index >= 15 is 0 Å². The number of rotatable bonds is 7. The molecule has 3 heteroatoms. The standard InChI is InChI=1S/C22H28N2O/c1-23(16-17-24-14-8-9-15-24)22(25)18-21(19-10-4-2-5-11-19)20-12-6-3-7-13-20/h2-7,10-13,21H,8-9,14-18H2,1H3. The van der Waals surface area contributed by atoms with E-state index in [0.29, 0.717) is 6.42 Å². The Morgan fingerprint density at radius 1 is 0.960 bits per heavy atom. The van der Waals surface area contributed by atoms with Gasteiger partial charge in [-0.3, -0.25) is 4.79 Å². The molecule has 0 bridgehead atoms. The van der Waals surface area contributed by atoms with Gasteiger partial charge >= 0.3 is 0 Å².